The number of piperazine rings is 1. The van der Waals surface area contributed by atoms with Crippen LogP contribution in [0, 0.1) is 19.7 Å². The summed E-state index contributed by atoms with van der Waals surface area (Å²) in [6, 6.07) is 8.98. The molecule has 0 spiro atoms. The quantitative estimate of drug-likeness (QED) is 0.710. The lowest BCUT2D eigenvalue weighted by atomic mass is 10.1. The Morgan fingerprint density at radius 2 is 1.81 bits per heavy atom. The standard InChI is InChI=1S/C24H31FN4O2/c1-5-23(30)27(4)22-10-9-20(16-21(22)25)28-12-14-29(15-13-28)24(31)11-8-19-7-6-17(2)26-18(19)3/h6-7,9-10,16H,5,8,11-15H2,1-4H3. The van der Waals surface area contributed by atoms with Gasteiger partial charge in [0.05, 0.1) is 5.69 Å². The van der Waals surface area contributed by atoms with E-state index in [1.165, 1.54) is 11.0 Å². The number of anilines is 2. The van der Waals surface area contributed by atoms with E-state index >= 15 is 0 Å². The molecular weight excluding hydrogens is 395 g/mol. The maximum Gasteiger partial charge on any atom is 0.226 e. The maximum absolute atomic E-state index is 14.6. The Bertz CT molecular complexity index is 955. The van der Waals surface area contributed by atoms with Crippen LogP contribution in [0.4, 0.5) is 15.8 Å². The van der Waals surface area contributed by atoms with Crippen molar-refractivity contribution in [2.75, 3.05) is 43.0 Å². The third kappa shape index (κ3) is 5.40. The molecule has 31 heavy (non-hydrogen) atoms. The second-order valence-corrected chi connectivity index (χ2v) is 8.01. The molecule has 1 fully saturated rings. The number of aryl methyl sites for hydroxylation is 3. The number of rotatable bonds is 6. The van der Waals surface area contributed by atoms with Crippen LogP contribution in [0.3, 0.4) is 0 Å². The molecule has 0 aliphatic carbocycles. The smallest absolute Gasteiger partial charge is 0.226 e. The SMILES string of the molecule is CCC(=O)N(C)c1ccc(N2CCN(C(=O)CCc3ccc(C)nc3C)CC2)cc1F. The summed E-state index contributed by atoms with van der Waals surface area (Å²) < 4.78 is 14.6. The Hall–Kier alpha value is -2.96. The molecule has 2 amide bonds. The number of nitrogens with zero attached hydrogens (tertiary/aromatic N) is 4. The molecule has 7 heteroatoms. The molecule has 0 unspecified atom stereocenters. The van der Waals surface area contributed by atoms with Gasteiger partial charge in [0.15, 0.2) is 0 Å². The van der Waals surface area contributed by atoms with Crippen LogP contribution >= 0.6 is 0 Å². The topological polar surface area (TPSA) is 56.8 Å². The second kappa shape index (κ2) is 9.90. The van der Waals surface area contributed by atoms with Crippen LogP contribution in [-0.2, 0) is 16.0 Å². The summed E-state index contributed by atoms with van der Waals surface area (Å²) in [6.07, 6.45) is 1.48. The Morgan fingerprint density at radius 3 is 2.42 bits per heavy atom. The van der Waals surface area contributed by atoms with Gasteiger partial charge in [-0.05, 0) is 50.1 Å². The molecule has 2 aromatic rings. The van der Waals surface area contributed by atoms with Crippen LogP contribution in [-0.4, -0.2) is 54.9 Å². The van der Waals surface area contributed by atoms with Crippen molar-refractivity contribution in [3.63, 3.8) is 0 Å². The highest BCUT2D eigenvalue weighted by molar-refractivity contribution is 5.92. The predicted molar refractivity (Wildman–Crippen MR) is 121 cm³/mol. The summed E-state index contributed by atoms with van der Waals surface area (Å²) in [4.78, 5) is 34.3. The van der Waals surface area contributed by atoms with Crippen molar-refractivity contribution in [2.45, 2.75) is 40.0 Å². The molecule has 1 aliphatic heterocycles. The molecule has 1 aliphatic rings. The number of hydrogen-bond donors (Lipinski definition) is 0. The van der Waals surface area contributed by atoms with Gasteiger partial charge in [-0.3, -0.25) is 14.6 Å². The monoisotopic (exact) mass is 426 g/mol. The Labute approximate surface area is 183 Å². The van der Waals surface area contributed by atoms with E-state index in [-0.39, 0.29) is 17.5 Å². The van der Waals surface area contributed by atoms with Gasteiger partial charge in [-0.1, -0.05) is 13.0 Å². The lowest BCUT2D eigenvalue weighted by Gasteiger charge is -2.36. The Balaban J connectivity index is 1.54. The van der Waals surface area contributed by atoms with E-state index in [1.54, 1.807) is 20.0 Å². The zero-order valence-electron chi connectivity index (χ0n) is 18.8. The summed E-state index contributed by atoms with van der Waals surface area (Å²) in [5.41, 5.74) is 4.13. The highest BCUT2D eigenvalue weighted by Crippen LogP contribution is 2.26. The van der Waals surface area contributed by atoms with E-state index in [4.69, 9.17) is 0 Å². The zero-order valence-corrected chi connectivity index (χ0v) is 18.8. The minimum absolute atomic E-state index is 0.129. The van der Waals surface area contributed by atoms with Crippen LogP contribution in [0.1, 0.15) is 36.7 Å². The number of hydrogen-bond acceptors (Lipinski definition) is 4. The van der Waals surface area contributed by atoms with Gasteiger partial charge in [0.25, 0.3) is 0 Å². The minimum atomic E-state index is -0.414. The number of halogens is 1. The van der Waals surface area contributed by atoms with Crippen LogP contribution in [0.15, 0.2) is 30.3 Å². The molecule has 0 N–H and O–H groups in total. The molecule has 1 saturated heterocycles. The number of pyridine rings is 1. The maximum atomic E-state index is 14.6. The van der Waals surface area contributed by atoms with Gasteiger partial charge in [-0.25, -0.2) is 4.39 Å². The minimum Gasteiger partial charge on any atom is -0.368 e. The first-order chi connectivity index (χ1) is 14.8. The summed E-state index contributed by atoms with van der Waals surface area (Å²) in [5, 5.41) is 0. The number of amides is 2. The molecule has 6 nitrogen and oxygen atoms in total. The molecular formula is C24H31FN4O2. The first-order valence-corrected chi connectivity index (χ1v) is 10.8. The first-order valence-electron chi connectivity index (χ1n) is 10.8. The summed E-state index contributed by atoms with van der Waals surface area (Å²) >= 11 is 0. The van der Waals surface area contributed by atoms with Crippen LogP contribution in [0.25, 0.3) is 0 Å². The molecule has 1 aromatic heterocycles. The van der Waals surface area contributed by atoms with Crippen molar-refractivity contribution in [3.8, 4) is 0 Å². The summed E-state index contributed by atoms with van der Waals surface area (Å²) in [6.45, 7) is 8.22. The van der Waals surface area contributed by atoms with E-state index in [1.807, 2.05) is 36.9 Å². The van der Waals surface area contributed by atoms with Gasteiger partial charge in [-0.15, -0.1) is 0 Å². The average molecular weight is 427 g/mol. The van der Waals surface area contributed by atoms with Crippen LogP contribution < -0.4 is 9.80 Å². The second-order valence-electron chi connectivity index (χ2n) is 8.01. The normalized spacial score (nSPS) is 14.0. The molecule has 0 atom stereocenters. The molecule has 0 saturated carbocycles. The van der Waals surface area contributed by atoms with E-state index in [0.29, 0.717) is 45.4 Å². The van der Waals surface area contributed by atoms with Gasteiger partial charge in [0.1, 0.15) is 5.82 Å². The third-order valence-corrected chi connectivity index (χ3v) is 5.91. The van der Waals surface area contributed by atoms with Crippen molar-refractivity contribution in [1.29, 1.82) is 0 Å². The highest BCUT2D eigenvalue weighted by Gasteiger charge is 2.22. The van der Waals surface area contributed by atoms with Crippen LogP contribution in [0.5, 0.6) is 0 Å². The fourth-order valence-corrected chi connectivity index (χ4v) is 3.93. The van der Waals surface area contributed by atoms with Gasteiger partial charge in [0, 0.05) is 63.1 Å². The molecule has 1 aromatic carbocycles. The first kappa shape index (κ1) is 22.7. The Kier molecular flexibility index (Phi) is 7.25. The number of carbonyl (C=O) groups excluding carboxylic acids is 2. The summed E-state index contributed by atoms with van der Waals surface area (Å²) in [5.74, 6) is -0.404. The van der Waals surface area contributed by atoms with Crippen molar-refractivity contribution in [2.24, 2.45) is 0 Å². The van der Waals surface area contributed by atoms with Crippen molar-refractivity contribution < 1.29 is 14.0 Å². The van der Waals surface area contributed by atoms with Gasteiger partial charge >= 0.3 is 0 Å². The summed E-state index contributed by atoms with van der Waals surface area (Å²) in [7, 11) is 1.59. The third-order valence-electron chi connectivity index (χ3n) is 5.91. The van der Waals surface area contributed by atoms with Crippen molar-refractivity contribution in [3.05, 3.63) is 53.1 Å². The largest absolute Gasteiger partial charge is 0.368 e. The number of carbonyl (C=O) groups is 2. The number of aromatic nitrogens is 1. The zero-order chi connectivity index (χ0) is 22.5. The van der Waals surface area contributed by atoms with E-state index in [0.717, 1.165) is 22.6 Å². The van der Waals surface area contributed by atoms with Crippen molar-refractivity contribution in [1.82, 2.24) is 9.88 Å². The van der Waals surface area contributed by atoms with Crippen molar-refractivity contribution >= 4 is 23.2 Å². The molecule has 166 valence electrons. The highest BCUT2D eigenvalue weighted by atomic mass is 19.1. The lowest BCUT2D eigenvalue weighted by Crippen LogP contribution is -2.48. The number of benzene rings is 1. The van der Waals surface area contributed by atoms with Gasteiger partial charge < -0.3 is 14.7 Å². The van der Waals surface area contributed by atoms with Gasteiger partial charge in [-0.2, -0.15) is 0 Å². The molecule has 2 heterocycles. The van der Waals surface area contributed by atoms with Gasteiger partial charge in [0.2, 0.25) is 11.8 Å². The van der Waals surface area contributed by atoms with E-state index in [2.05, 4.69) is 9.88 Å². The van der Waals surface area contributed by atoms with E-state index < -0.39 is 5.82 Å². The van der Waals surface area contributed by atoms with E-state index in [9.17, 15) is 14.0 Å². The predicted octanol–water partition coefficient (Wildman–Crippen LogP) is 3.49. The molecule has 3 rings (SSSR count). The Morgan fingerprint density at radius 1 is 1.10 bits per heavy atom. The fourth-order valence-electron chi connectivity index (χ4n) is 3.93. The lowest BCUT2D eigenvalue weighted by molar-refractivity contribution is -0.131. The fraction of sp³-hybridized carbons (Fsp3) is 0.458. The average Bonchev–Trinajstić information content (AvgIpc) is 2.77. The molecule has 0 bridgehead atoms. The van der Waals surface area contributed by atoms with Crippen LogP contribution in [0.2, 0.25) is 0 Å². The molecule has 0 radical (unpaired) electrons.